The topological polar surface area (TPSA) is 32.8 Å². The van der Waals surface area contributed by atoms with Crippen LogP contribution in [0.15, 0.2) is 36.4 Å². The van der Waals surface area contributed by atoms with Gasteiger partial charge in [-0.25, -0.2) is 8.78 Å². The van der Waals surface area contributed by atoms with Crippen molar-refractivity contribution in [2.24, 2.45) is 5.92 Å². The molecule has 4 nitrogen and oxygen atoms in total. The number of rotatable bonds is 7. The molecule has 7 heteroatoms. The number of hydrogen-bond acceptors (Lipinski definition) is 3. The molecular formula is C24H27ClF2N2O2. The molecule has 1 aliphatic heterocycles. The van der Waals surface area contributed by atoms with Crippen LogP contribution in [-0.4, -0.2) is 48.5 Å². The fourth-order valence-electron chi connectivity index (χ4n) is 4.34. The van der Waals surface area contributed by atoms with Gasteiger partial charge in [0, 0.05) is 30.7 Å². The minimum atomic E-state index is -1.01. The first-order valence-corrected chi connectivity index (χ1v) is 11.1. The van der Waals surface area contributed by atoms with Gasteiger partial charge in [-0.2, -0.15) is 0 Å². The number of likely N-dealkylation sites (tertiary alicyclic amines) is 1. The normalized spacial score (nSPS) is 21.0. The van der Waals surface area contributed by atoms with Gasteiger partial charge in [-0.3, -0.25) is 9.69 Å². The van der Waals surface area contributed by atoms with Gasteiger partial charge < -0.3 is 9.64 Å². The quantitative estimate of drug-likeness (QED) is 0.587. The van der Waals surface area contributed by atoms with Crippen molar-refractivity contribution in [3.05, 3.63) is 64.2 Å². The Kier molecular flexibility index (Phi) is 6.77. The molecule has 2 aromatic rings. The lowest BCUT2D eigenvalue weighted by atomic mass is 9.82. The summed E-state index contributed by atoms with van der Waals surface area (Å²) >= 11 is 6.46. The molecule has 1 aliphatic carbocycles. The van der Waals surface area contributed by atoms with Crippen LogP contribution in [0.1, 0.15) is 41.6 Å². The van der Waals surface area contributed by atoms with Gasteiger partial charge in [-0.05, 0) is 80.6 Å². The zero-order valence-electron chi connectivity index (χ0n) is 17.6. The summed E-state index contributed by atoms with van der Waals surface area (Å²) in [5.74, 6) is -1.20. The zero-order chi connectivity index (χ0) is 22.0. The second-order valence-electron chi connectivity index (χ2n) is 8.63. The molecule has 2 aliphatic rings. The Morgan fingerprint density at radius 1 is 1.13 bits per heavy atom. The van der Waals surface area contributed by atoms with Crippen LogP contribution in [0.3, 0.4) is 0 Å². The van der Waals surface area contributed by atoms with Crippen LogP contribution < -0.4 is 4.74 Å². The number of ether oxygens (including phenoxy) is 1. The van der Waals surface area contributed by atoms with Gasteiger partial charge in [0.05, 0.1) is 6.10 Å². The Bertz CT molecular complexity index is 943. The second kappa shape index (κ2) is 9.53. The molecule has 1 saturated heterocycles. The largest absolute Gasteiger partial charge is 0.490 e. The van der Waals surface area contributed by atoms with Crippen LogP contribution in [-0.2, 0) is 6.54 Å². The lowest BCUT2D eigenvalue weighted by Gasteiger charge is -2.37. The van der Waals surface area contributed by atoms with Crippen LogP contribution in [0.4, 0.5) is 8.78 Å². The summed E-state index contributed by atoms with van der Waals surface area (Å²) in [6, 6.07) is 9.13. The predicted octanol–water partition coefficient (Wildman–Crippen LogP) is 5.14. The predicted molar refractivity (Wildman–Crippen MR) is 116 cm³/mol. The van der Waals surface area contributed by atoms with E-state index in [0.717, 1.165) is 60.9 Å². The number of benzene rings is 2. The zero-order valence-corrected chi connectivity index (χ0v) is 18.4. The summed E-state index contributed by atoms with van der Waals surface area (Å²) in [6.07, 6.45) is 4.27. The van der Waals surface area contributed by atoms with E-state index in [1.54, 1.807) is 11.9 Å². The maximum atomic E-state index is 13.4. The van der Waals surface area contributed by atoms with Crippen molar-refractivity contribution >= 4 is 17.5 Å². The van der Waals surface area contributed by atoms with Crippen LogP contribution in [0.5, 0.6) is 5.75 Å². The van der Waals surface area contributed by atoms with Gasteiger partial charge >= 0.3 is 0 Å². The highest BCUT2D eigenvalue weighted by Gasteiger charge is 2.33. The Hall–Kier alpha value is -2.18. The molecule has 166 valence electrons. The number of nitrogens with zero attached hydrogens (tertiary/aromatic N) is 2. The van der Waals surface area contributed by atoms with E-state index in [-0.39, 0.29) is 17.6 Å². The van der Waals surface area contributed by atoms with Gasteiger partial charge in [0.1, 0.15) is 5.75 Å². The molecule has 31 heavy (non-hydrogen) atoms. The lowest BCUT2D eigenvalue weighted by molar-refractivity contribution is 0.0419. The van der Waals surface area contributed by atoms with E-state index in [1.165, 1.54) is 18.9 Å². The monoisotopic (exact) mass is 448 g/mol. The van der Waals surface area contributed by atoms with E-state index in [0.29, 0.717) is 12.5 Å². The van der Waals surface area contributed by atoms with Gasteiger partial charge in [-0.1, -0.05) is 17.7 Å². The molecule has 2 fully saturated rings. The van der Waals surface area contributed by atoms with Crippen molar-refractivity contribution in [3.63, 3.8) is 0 Å². The van der Waals surface area contributed by atoms with Gasteiger partial charge in [0.15, 0.2) is 11.6 Å². The molecule has 0 unspecified atom stereocenters. The second-order valence-corrected chi connectivity index (χ2v) is 9.04. The Morgan fingerprint density at radius 3 is 2.55 bits per heavy atom. The minimum absolute atomic E-state index is 0.0947. The van der Waals surface area contributed by atoms with Crippen LogP contribution in [0.25, 0.3) is 0 Å². The van der Waals surface area contributed by atoms with Gasteiger partial charge in [0.25, 0.3) is 5.91 Å². The van der Waals surface area contributed by atoms with Crippen molar-refractivity contribution in [1.82, 2.24) is 9.80 Å². The Balaban J connectivity index is 1.24. The molecule has 0 N–H and O–H groups in total. The van der Waals surface area contributed by atoms with Crippen LogP contribution in [0.2, 0.25) is 5.02 Å². The first-order valence-electron chi connectivity index (χ1n) is 10.8. The summed E-state index contributed by atoms with van der Waals surface area (Å²) in [7, 11) is 1.68. The molecule has 2 aromatic carbocycles. The van der Waals surface area contributed by atoms with Crippen molar-refractivity contribution in [1.29, 1.82) is 0 Å². The number of amides is 1. The maximum absolute atomic E-state index is 13.4. The summed E-state index contributed by atoms with van der Waals surface area (Å²) in [5, 5.41) is 0.733. The lowest BCUT2D eigenvalue weighted by Crippen LogP contribution is -2.42. The van der Waals surface area contributed by atoms with Crippen LogP contribution in [0, 0.1) is 17.6 Å². The summed E-state index contributed by atoms with van der Waals surface area (Å²) in [5.41, 5.74) is 1.27. The standard InChI is InChI=1S/C24H27ClF2N2O2/c1-28(24(30)17-5-7-22(26)23(27)12-17)14-16-10-20(11-16)31-19-6-4-18(21(25)13-19)15-29-8-2-3-9-29/h4-7,12-13,16,20H,2-3,8-11,14-15H2,1H3. The number of hydrogen-bond donors (Lipinski definition) is 0. The third kappa shape index (κ3) is 5.36. The fraction of sp³-hybridized carbons (Fsp3) is 0.458. The third-order valence-corrected chi connectivity index (χ3v) is 6.51. The average molecular weight is 449 g/mol. The van der Waals surface area contributed by atoms with E-state index in [9.17, 15) is 13.6 Å². The highest BCUT2D eigenvalue weighted by molar-refractivity contribution is 6.31. The van der Waals surface area contributed by atoms with Crippen LogP contribution >= 0.6 is 11.6 Å². The first kappa shape index (κ1) is 22.0. The van der Waals surface area contributed by atoms with E-state index in [2.05, 4.69) is 4.90 Å². The summed E-state index contributed by atoms with van der Waals surface area (Å²) in [6.45, 7) is 3.69. The minimum Gasteiger partial charge on any atom is -0.490 e. The number of halogens is 3. The molecular weight excluding hydrogens is 422 g/mol. The summed E-state index contributed by atoms with van der Waals surface area (Å²) in [4.78, 5) is 16.4. The molecule has 1 saturated carbocycles. The fourth-order valence-corrected chi connectivity index (χ4v) is 4.57. The van der Waals surface area contributed by atoms with E-state index < -0.39 is 11.6 Å². The molecule has 4 rings (SSSR count). The smallest absolute Gasteiger partial charge is 0.253 e. The highest BCUT2D eigenvalue weighted by atomic mass is 35.5. The third-order valence-electron chi connectivity index (χ3n) is 6.16. The van der Waals surface area contributed by atoms with Crippen molar-refractivity contribution in [2.75, 3.05) is 26.7 Å². The molecule has 0 atom stereocenters. The molecule has 0 radical (unpaired) electrons. The van der Waals surface area contributed by atoms with Gasteiger partial charge in [-0.15, -0.1) is 0 Å². The van der Waals surface area contributed by atoms with E-state index in [4.69, 9.17) is 16.3 Å². The Morgan fingerprint density at radius 2 is 1.87 bits per heavy atom. The molecule has 0 spiro atoms. The molecule has 1 heterocycles. The van der Waals surface area contributed by atoms with Crippen molar-refractivity contribution in [2.45, 2.75) is 38.3 Å². The number of carbonyl (C=O) groups is 1. The van der Waals surface area contributed by atoms with Crippen molar-refractivity contribution < 1.29 is 18.3 Å². The maximum Gasteiger partial charge on any atom is 0.253 e. The highest BCUT2D eigenvalue weighted by Crippen LogP contribution is 2.34. The average Bonchev–Trinajstić information content (AvgIpc) is 3.23. The molecule has 0 bridgehead atoms. The van der Waals surface area contributed by atoms with Gasteiger partial charge in [0.2, 0.25) is 0 Å². The Labute approximate surface area is 186 Å². The van der Waals surface area contributed by atoms with E-state index >= 15 is 0 Å². The SMILES string of the molecule is CN(CC1CC(Oc2ccc(CN3CCCC3)c(Cl)c2)C1)C(=O)c1ccc(F)c(F)c1. The first-order chi connectivity index (χ1) is 14.9. The number of carbonyl (C=O) groups excluding carboxylic acids is 1. The molecule has 0 aromatic heterocycles. The molecule has 1 amide bonds. The van der Waals surface area contributed by atoms with E-state index in [1.807, 2.05) is 18.2 Å². The summed E-state index contributed by atoms with van der Waals surface area (Å²) < 4.78 is 32.5. The van der Waals surface area contributed by atoms with Crippen molar-refractivity contribution in [3.8, 4) is 5.75 Å².